The second-order valence-electron chi connectivity index (χ2n) is 5.67. The van der Waals surface area contributed by atoms with Crippen molar-refractivity contribution in [2.75, 3.05) is 0 Å². The van der Waals surface area contributed by atoms with Crippen molar-refractivity contribution in [3.63, 3.8) is 0 Å². The van der Waals surface area contributed by atoms with E-state index in [9.17, 15) is 0 Å². The minimum atomic E-state index is -0.562. The molecule has 0 heterocycles. The van der Waals surface area contributed by atoms with Crippen molar-refractivity contribution in [3.8, 4) is 0 Å². The second-order valence-corrected chi connectivity index (χ2v) is 7.31. The molecule has 0 radical (unpaired) electrons. The van der Waals surface area contributed by atoms with Crippen molar-refractivity contribution in [1.82, 2.24) is 0 Å². The van der Waals surface area contributed by atoms with Gasteiger partial charge in [-0.3, -0.25) is 0 Å². The van der Waals surface area contributed by atoms with Crippen molar-refractivity contribution < 1.29 is 0 Å². The molecule has 0 atom stereocenters. The number of halogens is 2. The zero-order chi connectivity index (χ0) is 14.1. The summed E-state index contributed by atoms with van der Waals surface area (Å²) in [4.78, 5) is 0. The summed E-state index contributed by atoms with van der Waals surface area (Å²) in [6.07, 6.45) is 3.65. The van der Waals surface area contributed by atoms with Gasteiger partial charge < -0.3 is 0 Å². The average Bonchev–Trinajstić information content (AvgIpc) is 2.50. The van der Waals surface area contributed by atoms with Crippen molar-refractivity contribution >= 4 is 23.2 Å². The Labute approximate surface area is 130 Å². The number of rotatable bonds is 2. The molecule has 0 aliphatic heterocycles. The standard InChI is InChI=1S/C18H18Cl2/c19-18(20)13-11-17(12-14-18,15-7-3-1-4-8-15)16-9-5-2-6-10-16/h1-10H,11-14H2. The summed E-state index contributed by atoms with van der Waals surface area (Å²) in [6.45, 7) is 0. The molecule has 1 aliphatic carbocycles. The Kier molecular flexibility index (Phi) is 3.79. The lowest BCUT2D eigenvalue weighted by molar-refractivity contribution is 0.333. The first-order chi connectivity index (χ1) is 9.62. The first-order valence-corrected chi connectivity index (χ1v) is 7.87. The molecule has 0 saturated heterocycles. The number of hydrogen-bond donors (Lipinski definition) is 0. The summed E-state index contributed by atoms with van der Waals surface area (Å²) < 4.78 is -0.562. The van der Waals surface area contributed by atoms with Gasteiger partial charge in [-0.2, -0.15) is 0 Å². The van der Waals surface area contributed by atoms with Crippen molar-refractivity contribution in [2.45, 2.75) is 35.4 Å². The van der Waals surface area contributed by atoms with E-state index in [1.807, 2.05) is 0 Å². The molecule has 0 spiro atoms. The van der Waals surface area contributed by atoms with Gasteiger partial charge in [0, 0.05) is 5.41 Å². The molecule has 20 heavy (non-hydrogen) atoms. The lowest BCUT2D eigenvalue weighted by atomic mass is 9.65. The van der Waals surface area contributed by atoms with Crippen molar-refractivity contribution in [2.24, 2.45) is 0 Å². The Morgan fingerprint density at radius 3 is 1.40 bits per heavy atom. The molecule has 1 saturated carbocycles. The number of benzene rings is 2. The molecule has 104 valence electrons. The minimum Gasteiger partial charge on any atom is -0.102 e. The van der Waals surface area contributed by atoms with Gasteiger partial charge in [0.2, 0.25) is 0 Å². The average molecular weight is 305 g/mol. The zero-order valence-corrected chi connectivity index (χ0v) is 12.9. The van der Waals surface area contributed by atoms with Gasteiger partial charge in [0.05, 0.1) is 0 Å². The fraction of sp³-hybridized carbons (Fsp3) is 0.333. The van der Waals surface area contributed by atoms with Crippen LogP contribution in [0.15, 0.2) is 60.7 Å². The van der Waals surface area contributed by atoms with Gasteiger partial charge in [-0.1, -0.05) is 60.7 Å². The Balaban J connectivity index is 2.06. The van der Waals surface area contributed by atoms with Crippen LogP contribution in [-0.4, -0.2) is 4.33 Å². The third kappa shape index (κ3) is 2.60. The van der Waals surface area contributed by atoms with Crippen LogP contribution in [0.5, 0.6) is 0 Å². The Morgan fingerprint density at radius 1 is 0.600 bits per heavy atom. The van der Waals surface area contributed by atoms with E-state index in [1.165, 1.54) is 11.1 Å². The highest BCUT2D eigenvalue weighted by atomic mass is 35.5. The molecule has 0 N–H and O–H groups in total. The molecule has 1 aliphatic rings. The quantitative estimate of drug-likeness (QED) is 0.622. The fourth-order valence-electron chi connectivity index (χ4n) is 3.30. The van der Waals surface area contributed by atoms with Crippen LogP contribution in [0.25, 0.3) is 0 Å². The van der Waals surface area contributed by atoms with Crippen LogP contribution in [0.3, 0.4) is 0 Å². The first-order valence-electron chi connectivity index (χ1n) is 7.11. The van der Waals surface area contributed by atoms with E-state index in [2.05, 4.69) is 60.7 Å². The smallest absolute Gasteiger partial charge is 0.102 e. The van der Waals surface area contributed by atoms with Gasteiger partial charge in [0.25, 0.3) is 0 Å². The summed E-state index contributed by atoms with van der Waals surface area (Å²) in [6, 6.07) is 21.5. The zero-order valence-electron chi connectivity index (χ0n) is 11.4. The molecule has 2 heteroatoms. The number of alkyl halides is 2. The van der Waals surface area contributed by atoms with E-state index in [-0.39, 0.29) is 5.41 Å². The van der Waals surface area contributed by atoms with Crippen LogP contribution in [0.2, 0.25) is 0 Å². The van der Waals surface area contributed by atoms with Gasteiger partial charge in [-0.05, 0) is 36.8 Å². The topological polar surface area (TPSA) is 0 Å². The summed E-state index contributed by atoms with van der Waals surface area (Å²) >= 11 is 12.7. The molecule has 2 aromatic carbocycles. The third-order valence-electron chi connectivity index (χ3n) is 4.49. The van der Waals surface area contributed by atoms with Crippen LogP contribution in [0.4, 0.5) is 0 Å². The molecule has 1 fully saturated rings. The highest BCUT2D eigenvalue weighted by Gasteiger charge is 2.42. The SMILES string of the molecule is ClC1(Cl)CCC(c2ccccc2)(c2ccccc2)CC1. The molecule has 0 bridgehead atoms. The molecule has 0 amide bonds. The van der Waals surface area contributed by atoms with E-state index < -0.39 is 4.33 Å². The highest BCUT2D eigenvalue weighted by Crippen LogP contribution is 2.50. The van der Waals surface area contributed by atoms with E-state index in [0.717, 1.165) is 25.7 Å². The Bertz CT molecular complexity index is 509. The Morgan fingerprint density at radius 2 is 1.00 bits per heavy atom. The fourth-order valence-corrected chi connectivity index (χ4v) is 3.68. The third-order valence-corrected chi connectivity index (χ3v) is 5.24. The van der Waals surface area contributed by atoms with E-state index in [4.69, 9.17) is 23.2 Å². The normalized spacial score (nSPS) is 20.5. The monoisotopic (exact) mass is 304 g/mol. The predicted molar refractivity (Wildman–Crippen MR) is 86.6 cm³/mol. The Hall–Kier alpha value is -0.980. The van der Waals surface area contributed by atoms with Gasteiger partial charge in [0.15, 0.2) is 0 Å². The van der Waals surface area contributed by atoms with Crippen LogP contribution in [0, 0.1) is 0 Å². The summed E-state index contributed by atoms with van der Waals surface area (Å²) in [5.41, 5.74) is 2.79. The van der Waals surface area contributed by atoms with E-state index in [0.29, 0.717) is 0 Å². The highest BCUT2D eigenvalue weighted by molar-refractivity contribution is 6.48. The van der Waals surface area contributed by atoms with Crippen LogP contribution in [0.1, 0.15) is 36.8 Å². The lowest BCUT2D eigenvalue weighted by Crippen LogP contribution is -2.36. The predicted octanol–water partition coefficient (Wildman–Crippen LogP) is 5.72. The lowest BCUT2D eigenvalue weighted by Gasteiger charge is -2.42. The summed E-state index contributed by atoms with van der Waals surface area (Å²) in [5.74, 6) is 0. The number of hydrogen-bond acceptors (Lipinski definition) is 0. The summed E-state index contributed by atoms with van der Waals surface area (Å²) in [5, 5.41) is 0. The summed E-state index contributed by atoms with van der Waals surface area (Å²) in [7, 11) is 0. The molecule has 0 unspecified atom stereocenters. The van der Waals surface area contributed by atoms with E-state index >= 15 is 0 Å². The van der Waals surface area contributed by atoms with Crippen LogP contribution < -0.4 is 0 Å². The first kappa shape index (κ1) is 14.0. The molecular weight excluding hydrogens is 287 g/mol. The van der Waals surface area contributed by atoms with E-state index in [1.54, 1.807) is 0 Å². The molecule has 2 aromatic rings. The van der Waals surface area contributed by atoms with Crippen molar-refractivity contribution in [1.29, 1.82) is 0 Å². The maximum absolute atomic E-state index is 6.34. The van der Waals surface area contributed by atoms with Gasteiger partial charge >= 0.3 is 0 Å². The van der Waals surface area contributed by atoms with Gasteiger partial charge in [-0.15, -0.1) is 23.2 Å². The molecule has 0 nitrogen and oxygen atoms in total. The second kappa shape index (κ2) is 5.42. The maximum Gasteiger partial charge on any atom is 0.118 e. The van der Waals surface area contributed by atoms with Gasteiger partial charge in [0.1, 0.15) is 4.33 Å². The minimum absolute atomic E-state index is 0.0514. The largest absolute Gasteiger partial charge is 0.118 e. The van der Waals surface area contributed by atoms with Crippen LogP contribution in [-0.2, 0) is 5.41 Å². The molecule has 0 aromatic heterocycles. The van der Waals surface area contributed by atoms with Gasteiger partial charge in [-0.25, -0.2) is 0 Å². The van der Waals surface area contributed by atoms with Crippen LogP contribution >= 0.6 is 23.2 Å². The van der Waals surface area contributed by atoms with Crippen molar-refractivity contribution in [3.05, 3.63) is 71.8 Å². The maximum atomic E-state index is 6.34. The molecule has 3 rings (SSSR count). The molecular formula is C18H18Cl2.